The molecular weight excluding hydrogens is 232 g/mol. The molecule has 18 heavy (non-hydrogen) atoms. The third-order valence-corrected chi connectivity index (χ3v) is 2.50. The summed E-state index contributed by atoms with van der Waals surface area (Å²) in [5.41, 5.74) is -0.318. The van der Waals surface area contributed by atoms with Crippen molar-refractivity contribution in [1.29, 1.82) is 0 Å². The van der Waals surface area contributed by atoms with Crippen LogP contribution in [-0.4, -0.2) is 37.6 Å². The molecular formula is C13H26N2O3. The van der Waals surface area contributed by atoms with Gasteiger partial charge in [0.15, 0.2) is 0 Å². The fraction of sp³-hybridized carbons (Fsp3) is 0.846. The van der Waals surface area contributed by atoms with Crippen molar-refractivity contribution >= 4 is 12.4 Å². The minimum atomic E-state index is -0.318. The zero-order chi connectivity index (χ0) is 14.0. The van der Waals surface area contributed by atoms with E-state index in [9.17, 15) is 9.59 Å². The second kappa shape index (κ2) is 8.91. The number of nitrogens with one attached hydrogen (secondary N) is 2. The predicted octanol–water partition coefficient (Wildman–Crippen LogP) is 1.08. The maximum atomic E-state index is 10.6. The van der Waals surface area contributed by atoms with Crippen molar-refractivity contribution in [3.63, 3.8) is 0 Å². The van der Waals surface area contributed by atoms with Crippen LogP contribution >= 0.6 is 0 Å². The number of amides is 1. The zero-order valence-corrected chi connectivity index (χ0v) is 11.9. The summed E-state index contributed by atoms with van der Waals surface area (Å²) >= 11 is 0. The van der Waals surface area contributed by atoms with Crippen LogP contribution in [0.2, 0.25) is 0 Å². The molecule has 0 aromatic rings. The van der Waals surface area contributed by atoms with Crippen LogP contribution in [0.1, 0.15) is 40.5 Å². The first-order valence-corrected chi connectivity index (χ1v) is 6.42. The van der Waals surface area contributed by atoms with Crippen LogP contribution in [0, 0.1) is 5.92 Å². The lowest BCUT2D eigenvalue weighted by atomic mass is 9.98. The quantitative estimate of drug-likeness (QED) is 0.743. The average Bonchev–Trinajstić information content (AvgIpc) is 2.27. The fourth-order valence-electron chi connectivity index (χ4n) is 1.52. The van der Waals surface area contributed by atoms with Gasteiger partial charge in [-0.25, -0.2) is 0 Å². The van der Waals surface area contributed by atoms with Crippen molar-refractivity contribution in [3.8, 4) is 0 Å². The highest BCUT2D eigenvalue weighted by Gasteiger charge is 2.12. The van der Waals surface area contributed by atoms with Crippen molar-refractivity contribution in [2.75, 3.05) is 19.6 Å². The molecule has 5 heteroatoms. The number of ether oxygens (including phenoxy) is 1. The number of carbonyl (C=O) groups is 2. The summed E-state index contributed by atoms with van der Waals surface area (Å²) in [6.07, 6.45) is 2.39. The Kier molecular flexibility index (Phi) is 8.37. The van der Waals surface area contributed by atoms with E-state index in [-0.39, 0.29) is 11.5 Å². The van der Waals surface area contributed by atoms with Gasteiger partial charge in [0.05, 0.1) is 0 Å². The van der Waals surface area contributed by atoms with E-state index in [1.165, 1.54) is 12.8 Å². The standard InChI is InChI=1S/C8H16N2O.C5H10O2/c1-7(11)10-6-8-2-4-9-5-3-8;1-5(2,3)7-4-6/h8-9H,2-6H2,1H3,(H,10,11);4H,1-3H3. The summed E-state index contributed by atoms with van der Waals surface area (Å²) in [6, 6.07) is 0. The van der Waals surface area contributed by atoms with Crippen LogP contribution in [0.25, 0.3) is 0 Å². The smallest absolute Gasteiger partial charge is 0.293 e. The molecule has 106 valence electrons. The number of carbonyl (C=O) groups excluding carboxylic acids is 2. The summed E-state index contributed by atoms with van der Waals surface area (Å²) in [6.45, 7) is 10.6. The van der Waals surface area contributed by atoms with E-state index >= 15 is 0 Å². The van der Waals surface area contributed by atoms with E-state index in [0.29, 0.717) is 12.4 Å². The molecule has 1 heterocycles. The van der Waals surface area contributed by atoms with Crippen molar-refractivity contribution < 1.29 is 14.3 Å². The van der Waals surface area contributed by atoms with E-state index < -0.39 is 0 Å². The molecule has 1 saturated heterocycles. The van der Waals surface area contributed by atoms with Gasteiger partial charge in [-0.15, -0.1) is 0 Å². The van der Waals surface area contributed by atoms with Gasteiger partial charge in [0.1, 0.15) is 5.60 Å². The first-order valence-electron chi connectivity index (χ1n) is 6.42. The minimum absolute atomic E-state index is 0.0866. The van der Waals surface area contributed by atoms with Gasteiger partial charge in [-0.2, -0.15) is 0 Å². The molecule has 0 atom stereocenters. The predicted molar refractivity (Wildman–Crippen MR) is 71.2 cm³/mol. The molecule has 0 aromatic heterocycles. The lowest BCUT2D eigenvalue weighted by Crippen LogP contribution is -2.35. The Balaban J connectivity index is 0.000000360. The molecule has 1 rings (SSSR count). The first-order chi connectivity index (χ1) is 8.35. The van der Waals surface area contributed by atoms with Gasteiger partial charge in [0, 0.05) is 13.5 Å². The maximum absolute atomic E-state index is 10.6. The van der Waals surface area contributed by atoms with E-state index in [1.54, 1.807) is 6.92 Å². The molecule has 1 aliphatic heterocycles. The second-order valence-corrected chi connectivity index (χ2v) is 5.46. The Morgan fingerprint density at radius 3 is 2.28 bits per heavy atom. The zero-order valence-electron chi connectivity index (χ0n) is 11.9. The Morgan fingerprint density at radius 1 is 1.39 bits per heavy atom. The Bertz CT molecular complexity index is 243. The molecule has 0 saturated carbocycles. The van der Waals surface area contributed by atoms with E-state index in [0.717, 1.165) is 19.6 Å². The molecule has 0 bridgehead atoms. The summed E-state index contributed by atoms with van der Waals surface area (Å²) in [5.74, 6) is 0.781. The van der Waals surface area contributed by atoms with Crippen molar-refractivity contribution in [2.45, 2.75) is 46.1 Å². The third-order valence-electron chi connectivity index (χ3n) is 2.50. The van der Waals surface area contributed by atoms with Crippen molar-refractivity contribution in [3.05, 3.63) is 0 Å². The van der Waals surface area contributed by atoms with Crippen LogP contribution in [0.5, 0.6) is 0 Å². The first kappa shape index (κ1) is 16.9. The normalized spacial score (nSPS) is 16.2. The van der Waals surface area contributed by atoms with Crippen LogP contribution in [0.3, 0.4) is 0 Å². The van der Waals surface area contributed by atoms with Crippen molar-refractivity contribution in [2.24, 2.45) is 5.92 Å². The van der Waals surface area contributed by atoms with Crippen molar-refractivity contribution in [1.82, 2.24) is 10.6 Å². The number of hydrogen-bond acceptors (Lipinski definition) is 4. The molecule has 2 N–H and O–H groups in total. The molecule has 1 amide bonds. The summed E-state index contributed by atoms with van der Waals surface area (Å²) in [7, 11) is 0. The van der Waals surface area contributed by atoms with Gasteiger partial charge in [0.2, 0.25) is 5.91 Å². The Hall–Kier alpha value is -1.10. The molecule has 0 radical (unpaired) electrons. The van der Waals surface area contributed by atoms with E-state index in [2.05, 4.69) is 15.4 Å². The molecule has 1 aliphatic rings. The van der Waals surface area contributed by atoms with E-state index in [4.69, 9.17) is 0 Å². The van der Waals surface area contributed by atoms with Gasteiger partial charge < -0.3 is 15.4 Å². The number of piperidine rings is 1. The van der Waals surface area contributed by atoms with Crippen LogP contribution < -0.4 is 10.6 Å². The highest BCUT2D eigenvalue weighted by atomic mass is 16.5. The highest BCUT2D eigenvalue weighted by molar-refractivity contribution is 5.72. The van der Waals surface area contributed by atoms with Gasteiger partial charge in [-0.3, -0.25) is 9.59 Å². The molecule has 0 aliphatic carbocycles. The van der Waals surface area contributed by atoms with E-state index in [1.807, 2.05) is 20.8 Å². The Morgan fingerprint density at radius 2 is 1.94 bits per heavy atom. The van der Waals surface area contributed by atoms with Gasteiger partial charge >= 0.3 is 0 Å². The van der Waals surface area contributed by atoms with Crippen LogP contribution in [0.15, 0.2) is 0 Å². The number of hydrogen-bond donors (Lipinski definition) is 2. The van der Waals surface area contributed by atoms with Gasteiger partial charge in [0.25, 0.3) is 6.47 Å². The summed E-state index contributed by atoms with van der Waals surface area (Å²) in [4.78, 5) is 20.2. The summed E-state index contributed by atoms with van der Waals surface area (Å²) < 4.78 is 4.55. The minimum Gasteiger partial charge on any atom is -0.462 e. The topological polar surface area (TPSA) is 67.4 Å². The van der Waals surface area contributed by atoms with Gasteiger partial charge in [-0.1, -0.05) is 0 Å². The molecule has 0 unspecified atom stereocenters. The average molecular weight is 258 g/mol. The maximum Gasteiger partial charge on any atom is 0.293 e. The molecule has 0 spiro atoms. The lowest BCUT2D eigenvalue weighted by molar-refractivity contribution is -0.138. The summed E-state index contributed by atoms with van der Waals surface area (Å²) in [5, 5.41) is 6.14. The monoisotopic (exact) mass is 258 g/mol. The van der Waals surface area contributed by atoms with Crippen LogP contribution in [-0.2, 0) is 14.3 Å². The van der Waals surface area contributed by atoms with Crippen LogP contribution in [0.4, 0.5) is 0 Å². The lowest BCUT2D eigenvalue weighted by Gasteiger charge is -2.22. The molecule has 1 fully saturated rings. The molecule has 0 aromatic carbocycles. The highest BCUT2D eigenvalue weighted by Crippen LogP contribution is 2.09. The Labute approximate surface area is 110 Å². The molecule has 5 nitrogen and oxygen atoms in total. The van der Waals surface area contributed by atoms with Gasteiger partial charge in [-0.05, 0) is 52.6 Å². The fourth-order valence-corrected chi connectivity index (χ4v) is 1.52. The largest absolute Gasteiger partial charge is 0.462 e. The third kappa shape index (κ3) is 11.4. The SMILES string of the molecule is CC(=O)NCC1CCNCC1.CC(C)(C)OC=O. The number of rotatable bonds is 3. The second-order valence-electron chi connectivity index (χ2n) is 5.46.